The number of nitrogens with zero attached hydrogens (tertiary/aromatic N) is 2. The first-order chi connectivity index (χ1) is 10.5. The van der Waals surface area contributed by atoms with Crippen molar-refractivity contribution >= 4 is 23.9 Å². The van der Waals surface area contributed by atoms with Crippen LogP contribution in [-0.2, 0) is 4.79 Å². The highest BCUT2D eigenvalue weighted by Gasteiger charge is 2.06. The molecule has 0 aliphatic rings. The number of phenols is 1. The summed E-state index contributed by atoms with van der Waals surface area (Å²) in [7, 11) is 0. The standard InChI is InChI=1S/C12H11N5O4S/c18-8-3-1-2-7(4-8)5-13-15-9(19)6-22-11-10(20)14-12(21)17-16-11/h1-5,18H,6H2,(H,15,19)(H2,14,17,20,21)/b13-5+. The van der Waals surface area contributed by atoms with E-state index in [1.807, 2.05) is 4.98 Å². The first-order valence-electron chi connectivity index (χ1n) is 5.97. The lowest BCUT2D eigenvalue weighted by molar-refractivity contribution is -0.118. The Bertz CT molecular complexity index is 813. The van der Waals surface area contributed by atoms with Gasteiger partial charge in [-0.15, -0.1) is 0 Å². The monoisotopic (exact) mass is 321 g/mol. The average Bonchev–Trinajstić information content (AvgIpc) is 2.46. The van der Waals surface area contributed by atoms with Gasteiger partial charge >= 0.3 is 5.69 Å². The number of hydrogen-bond donors (Lipinski definition) is 4. The summed E-state index contributed by atoms with van der Waals surface area (Å²) in [6.45, 7) is 0. The molecule has 22 heavy (non-hydrogen) atoms. The fourth-order valence-corrected chi connectivity index (χ4v) is 2.01. The van der Waals surface area contributed by atoms with E-state index in [-0.39, 0.29) is 16.5 Å². The number of H-pyrrole nitrogens is 2. The summed E-state index contributed by atoms with van der Waals surface area (Å²) >= 11 is 0.862. The van der Waals surface area contributed by atoms with Crippen molar-refractivity contribution in [1.29, 1.82) is 0 Å². The van der Waals surface area contributed by atoms with Crippen LogP contribution in [0.2, 0.25) is 0 Å². The zero-order chi connectivity index (χ0) is 15.9. The van der Waals surface area contributed by atoms with Crippen molar-refractivity contribution in [1.82, 2.24) is 20.6 Å². The van der Waals surface area contributed by atoms with Gasteiger partial charge in [0.2, 0.25) is 5.91 Å². The first-order valence-corrected chi connectivity index (χ1v) is 6.96. The molecule has 0 fully saturated rings. The van der Waals surface area contributed by atoms with Crippen LogP contribution in [0.15, 0.2) is 44.0 Å². The zero-order valence-electron chi connectivity index (χ0n) is 11.1. The van der Waals surface area contributed by atoms with Crippen LogP contribution >= 0.6 is 11.8 Å². The Labute approximate surface area is 127 Å². The second kappa shape index (κ2) is 7.22. The molecule has 0 aliphatic carbocycles. The Hall–Kier alpha value is -2.88. The van der Waals surface area contributed by atoms with Gasteiger partial charge in [0, 0.05) is 0 Å². The third-order valence-electron chi connectivity index (χ3n) is 2.29. The minimum Gasteiger partial charge on any atom is -0.508 e. The van der Waals surface area contributed by atoms with Crippen LogP contribution in [0, 0.1) is 0 Å². The first kappa shape index (κ1) is 15.5. The van der Waals surface area contributed by atoms with E-state index >= 15 is 0 Å². The smallest absolute Gasteiger partial charge is 0.342 e. The van der Waals surface area contributed by atoms with Crippen LogP contribution in [0.25, 0.3) is 0 Å². The van der Waals surface area contributed by atoms with Gasteiger partial charge in [0.1, 0.15) is 5.75 Å². The molecule has 2 rings (SSSR count). The van der Waals surface area contributed by atoms with E-state index in [1.54, 1.807) is 12.1 Å². The minimum atomic E-state index is -0.713. The van der Waals surface area contributed by atoms with E-state index in [9.17, 15) is 19.5 Å². The maximum absolute atomic E-state index is 11.5. The molecule has 2 aromatic rings. The lowest BCUT2D eigenvalue weighted by Crippen LogP contribution is -2.26. The lowest BCUT2D eigenvalue weighted by Gasteiger charge is -1.99. The molecule has 0 atom stereocenters. The number of carbonyl (C=O) groups excluding carboxylic acids is 1. The summed E-state index contributed by atoms with van der Waals surface area (Å²) in [5.74, 6) is -0.456. The average molecular weight is 321 g/mol. The molecule has 0 spiro atoms. The molecule has 0 bridgehead atoms. The molecular formula is C12H11N5O4S. The quantitative estimate of drug-likeness (QED) is 0.329. The SMILES string of the molecule is O=C(CSc1n[nH]c(=O)[nH]c1=O)N/N=C/c1cccc(O)c1. The van der Waals surface area contributed by atoms with E-state index in [0.717, 1.165) is 11.8 Å². The van der Waals surface area contributed by atoms with Crippen LogP contribution in [0.3, 0.4) is 0 Å². The predicted molar refractivity (Wildman–Crippen MR) is 80.0 cm³/mol. The van der Waals surface area contributed by atoms with Gasteiger partial charge in [0.25, 0.3) is 5.56 Å². The number of thioether (sulfide) groups is 1. The number of rotatable bonds is 5. The molecule has 0 saturated carbocycles. The number of carbonyl (C=O) groups is 1. The summed E-state index contributed by atoms with van der Waals surface area (Å²) in [4.78, 5) is 35.7. The van der Waals surface area contributed by atoms with Crippen LogP contribution in [0.4, 0.5) is 0 Å². The molecule has 1 aromatic heterocycles. The van der Waals surface area contributed by atoms with Crippen molar-refractivity contribution in [3.8, 4) is 5.75 Å². The molecule has 0 saturated heterocycles. The van der Waals surface area contributed by atoms with Crippen molar-refractivity contribution < 1.29 is 9.90 Å². The van der Waals surface area contributed by atoms with Crippen molar-refractivity contribution in [3.05, 3.63) is 50.7 Å². The number of aromatic hydroxyl groups is 1. The molecule has 1 heterocycles. The van der Waals surface area contributed by atoms with Crippen molar-refractivity contribution in [2.45, 2.75) is 5.03 Å². The van der Waals surface area contributed by atoms with Crippen molar-refractivity contribution in [2.75, 3.05) is 5.75 Å². The predicted octanol–water partition coefficient (Wildman–Crippen LogP) is -0.594. The Kier molecular flexibility index (Phi) is 5.09. The number of phenolic OH excluding ortho intramolecular Hbond substituents is 1. The number of benzene rings is 1. The van der Waals surface area contributed by atoms with Gasteiger partial charge < -0.3 is 5.11 Å². The summed E-state index contributed by atoms with van der Waals surface area (Å²) < 4.78 is 0. The molecule has 1 amide bonds. The summed E-state index contributed by atoms with van der Waals surface area (Å²) in [6, 6.07) is 6.34. The Morgan fingerprint density at radius 2 is 2.27 bits per heavy atom. The molecule has 4 N–H and O–H groups in total. The number of hydrazone groups is 1. The molecule has 9 nitrogen and oxygen atoms in total. The van der Waals surface area contributed by atoms with Crippen LogP contribution < -0.4 is 16.7 Å². The molecule has 0 aliphatic heterocycles. The van der Waals surface area contributed by atoms with E-state index in [0.29, 0.717) is 5.56 Å². The molecule has 10 heteroatoms. The summed E-state index contributed by atoms with van der Waals surface area (Å²) in [6.07, 6.45) is 1.37. The third-order valence-corrected chi connectivity index (χ3v) is 3.25. The lowest BCUT2D eigenvalue weighted by atomic mass is 10.2. The Morgan fingerprint density at radius 3 is 3.00 bits per heavy atom. The maximum atomic E-state index is 11.5. The van der Waals surface area contributed by atoms with Gasteiger partial charge in [0.05, 0.1) is 12.0 Å². The fourth-order valence-electron chi connectivity index (χ4n) is 1.38. The van der Waals surface area contributed by atoms with Crippen LogP contribution in [0.1, 0.15) is 5.56 Å². The van der Waals surface area contributed by atoms with E-state index < -0.39 is 17.2 Å². The highest BCUT2D eigenvalue weighted by atomic mass is 32.2. The zero-order valence-corrected chi connectivity index (χ0v) is 11.9. The molecular weight excluding hydrogens is 310 g/mol. The van der Waals surface area contributed by atoms with Gasteiger partial charge in [-0.2, -0.15) is 10.2 Å². The highest BCUT2D eigenvalue weighted by Crippen LogP contribution is 2.09. The molecule has 0 unspecified atom stereocenters. The van der Waals surface area contributed by atoms with Crippen LogP contribution in [0.5, 0.6) is 5.75 Å². The number of aromatic nitrogens is 3. The van der Waals surface area contributed by atoms with E-state index in [1.165, 1.54) is 18.3 Å². The number of hydrogen-bond acceptors (Lipinski definition) is 7. The maximum Gasteiger partial charge on any atom is 0.342 e. The molecule has 0 radical (unpaired) electrons. The normalized spacial score (nSPS) is 10.7. The van der Waals surface area contributed by atoms with E-state index in [2.05, 4.69) is 20.7 Å². The van der Waals surface area contributed by atoms with E-state index in [4.69, 9.17) is 0 Å². The number of amides is 1. The van der Waals surface area contributed by atoms with Crippen LogP contribution in [-0.4, -0.2) is 38.2 Å². The second-order valence-electron chi connectivity index (χ2n) is 3.99. The number of nitrogens with one attached hydrogen (secondary N) is 3. The Balaban J connectivity index is 1.85. The van der Waals surface area contributed by atoms with Gasteiger partial charge in [-0.1, -0.05) is 23.9 Å². The third kappa shape index (κ3) is 4.59. The minimum absolute atomic E-state index is 0.0216. The van der Waals surface area contributed by atoms with Gasteiger partial charge in [-0.05, 0) is 17.7 Å². The fraction of sp³-hybridized carbons (Fsp3) is 0.0833. The molecule has 114 valence electrons. The number of aromatic amines is 2. The largest absolute Gasteiger partial charge is 0.508 e. The van der Waals surface area contributed by atoms with Crippen molar-refractivity contribution in [2.24, 2.45) is 5.10 Å². The highest BCUT2D eigenvalue weighted by molar-refractivity contribution is 7.99. The summed E-state index contributed by atoms with van der Waals surface area (Å²) in [5, 5.41) is 18.5. The Morgan fingerprint density at radius 1 is 1.45 bits per heavy atom. The van der Waals surface area contributed by atoms with Gasteiger partial charge in [-0.3, -0.25) is 14.6 Å². The second-order valence-corrected chi connectivity index (χ2v) is 4.95. The van der Waals surface area contributed by atoms with Gasteiger partial charge in [0.15, 0.2) is 5.03 Å². The topological polar surface area (TPSA) is 140 Å². The van der Waals surface area contributed by atoms with Gasteiger partial charge in [-0.25, -0.2) is 15.3 Å². The summed E-state index contributed by atoms with van der Waals surface area (Å²) in [5.41, 5.74) is 1.51. The molecule has 1 aromatic carbocycles. The van der Waals surface area contributed by atoms with Crippen molar-refractivity contribution in [3.63, 3.8) is 0 Å².